The predicted octanol–water partition coefficient (Wildman–Crippen LogP) is 9.42. The van der Waals surface area contributed by atoms with E-state index in [1.54, 1.807) is 0 Å². The van der Waals surface area contributed by atoms with Gasteiger partial charge in [-0.15, -0.1) is 0 Å². The van der Waals surface area contributed by atoms with Crippen molar-refractivity contribution in [2.24, 2.45) is 0 Å². The molecule has 0 bridgehead atoms. The molecule has 0 saturated heterocycles. The summed E-state index contributed by atoms with van der Waals surface area (Å²) in [5, 5.41) is 0. The van der Waals surface area contributed by atoms with E-state index >= 15 is 0 Å². The first-order valence-electron chi connectivity index (χ1n) is 20.1. The van der Waals surface area contributed by atoms with Gasteiger partial charge in [-0.1, -0.05) is 168 Å². The van der Waals surface area contributed by atoms with E-state index in [1.165, 1.54) is 193 Å². The Morgan fingerprint density at radius 1 is 0.347 bits per heavy atom. The van der Waals surface area contributed by atoms with Gasteiger partial charge in [0.25, 0.3) is 0 Å². The van der Waals surface area contributed by atoms with Crippen molar-refractivity contribution in [3.63, 3.8) is 0 Å². The molecular weight excluding hydrogens is 700 g/mol. The predicted molar refractivity (Wildman–Crippen MR) is 190 cm³/mol. The Morgan fingerprint density at radius 2 is 0.510 bits per heavy atom. The fourth-order valence-corrected chi connectivity index (χ4v) is 7.30. The van der Waals surface area contributed by atoms with Crippen LogP contribution in [0.4, 0.5) is 0 Å². The van der Waals surface area contributed by atoms with Crippen LogP contribution < -0.4 is 8.32 Å². The van der Waals surface area contributed by atoms with Crippen molar-refractivity contribution in [2.45, 2.75) is 194 Å². The minimum atomic E-state index is -6.07. The van der Waals surface area contributed by atoms with Gasteiger partial charge in [0.1, 0.15) is 0 Å². The Kier molecular flexibility index (Phi) is 38.3. The molecule has 0 unspecified atom stereocenters. The Morgan fingerprint density at radius 3 is 0.633 bits per heavy atom. The van der Waals surface area contributed by atoms with Crippen LogP contribution in [0, 0.1) is 0 Å². The zero-order chi connectivity index (χ0) is 37.9. The quantitative estimate of drug-likeness (QED) is 0.0492. The summed E-state index contributed by atoms with van der Waals surface area (Å²) in [4.78, 5) is 0. The van der Waals surface area contributed by atoms with Gasteiger partial charge in [0.2, 0.25) is 0 Å². The molecule has 0 aromatic heterocycles. The van der Waals surface area contributed by atoms with Gasteiger partial charge in [-0.3, -0.25) is 0 Å². The molecule has 0 N–H and O–H groups in total. The van der Waals surface area contributed by atoms with Gasteiger partial charge in [0.15, 0.2) is 0 Å². The van der Waals surface area contributed by atoms with Gasteiger partial charge in [-0.05, 0) is 25.7 Å². The molecule has 300 valence electrons. The van der Waals surface area contributed by atoms with Crippen LogP contribution in [0.25, 0.3) is 0 Å². The van der Waals surface area contributed by atoms with Crippen molar-refractivity contribution >= 4 is 0 Å². The van der Waals surface area contributed by atoms with E-state index in [0.29, 0.717) is 0 Å². The van der Waals surface area contributed by atoms with Gasteiger partial charge < -0.3 is 8.97 Å². The fraction of sp³-hybridized carbons (Fsp3) is 1.00. The normalized spacial score (nSPS) is 12.3. The van der Waals surface area contributed by atoms with Crippen molar-refractivity contribution in [3.8, 4) is 0 Å². The van der Waals surface area contributed by atoms with Crippen LogP contribution in [-0.4, -0.2) is 64.3 Å². The molecule has 0 aromatic carbocycles. The van der Waals surface area contributed by atoms with E-state index in [0.717, 1.165) is 8.97 Å². The van der Waals surface area contributed by atoms with E-state index in [-0.39, 0.29) is 0 Å². The Hall–Kier alpha value is 0.0649. The summed E-state index contributed by atoms with van der Waals surface area (Å²) >= 11 is -12.1. The molecule has 0 heterocycles. The summed E-state index contributed by atoms with van der Waals surface area (Å²) in [6.45, 7) is 7.25. The zero-order valence-corrected chi connectivity index (χ0v) is 36.3. The van der Waals surface area contributed by atoms with Crippen molar-refractivity contribution in [3.05, 3.63) is 0 Å². The van der Waals surface area contributed by atoms with E-state index in [4.69, 9.17) is 0 Å². The second kappa shape index (κ2) is 35.1. The molecule has 0 saturated carbocycles. The Labute approximate surface area is 310 Å². The summed E-state index contributed by atoms with van der Waals surface area (Å²) in [5.41, 5.74) is 0. The van der Waals surface area contributed by atoms with Gasteiger partial charge >= 0.3 is 53.6 Å². The molecule has 0 spiro atoms. The molecule has 0 amide bonds. The van der Waals surface area contributed by atoms with Gasteiger partial charge in [0, 0.05) is 0 Å². The molecule has 0 fully saturated rings. The molecule has 9 nitrogen and oxygen atoms in total. The molecule has 49 heavy (non-hydrogen) atoms. The summed E-state index contributed by atoms with van der Waals surface area (Å²) in [5.74, 6) is 0. The Bertz CT molecular complexity index is 813. The molecule has 0 aliphatic carbocycles. The van der Waals surface area contributed by atoms with Crippen molar-refractivity contribution in [1.82, 2.24) is 0 Å². The van der Waals surface area contributed by atoms with Crippen LogP contribution in [0.2, 0.25) is 0 Å². The summed E-state index contributed by atoms with van der Waals surface area (Å²) in [6.07, 6.45) is 40.7. The van der Waals surface area contributed by atoms with Gasteiger partial charge in [-0.25, -0.2) is 0 Å². The van der Waals surface area contributed by atoms with Crippen LogP contribution >= 0.6 is 0 Å². The number of nitrogens with zero attached hydrogens (tertiary/aromatic N) is 2. The Balaban J connectivity index is -0.000000695. The first-order chi connectivity index (χ1) is 22.8. The number of hydrogen-bond acceptors (Lipinski definition) is 7. The summed E-state index contributed by atoms with van der Waals surface area (Å²) < 4.78 is 61.1. The van der Waals surface area contributed by atoms with E-state index in [2.05, 4.69) is 59.0 Å². The molecule has 0 atom stereocenters. The van der Waals surface area contributed by atoms with Gasteiger partial charge in [-0.2, -0.15) is 0 Å². The average Bonchev–Trinajstić information content (AvgIpc) is 2.95. The monoisotopic (exact) mass is 785 g/mol. The van der Waals surface area contributed by atoms with Crippen molar-refractivity contribution in [1.29, 1.82) is 0 Å². The third kappa shape index (κ3) is 63.5. The molecule has 0 rings (SSSR count). The van der Waals surface area contributed by atoms with E-state index in [1.807, 2.05) is 0 Å². The summed E-state index contributed by atoms with van der Waals surface area (Å²) in [7, 11) is 13.8. The fourth-order valence-electron chi connectivity index (χ4n) is 5.66. The number of rotatable bonds is 32. The SMILES string of the molecule is CCCCCCCCCCCCCCCC[N+](C)(C)C.CCCCCCCCCCCCCCCC[N+](C)(C)C.[O]=[Cr](=[O])([O-])[O][Cr](=[O])(=[O])[O-]. The molecule has 11 heteroatoms. The van der Waals surface area contributed by atoms with Crippen LogP contribution in [0.3, 0.4) is 0 Å². The second-order valence-corrected chi connectivity index (χ2v) is 19.7. The average molecular weight is 785 g/mol. The van der Waals surface area contributed by atoms with Crippen molar-refractivity contribution in [2.75, 3.05) is 55.4 Å². The van der Waals surface area contributed by atoms with Crippen LogP contribution in [0.1, 0.15) is 194 Å². The topological polar surface area (TPSA) is 124 Å². The standard InChI is InChI=1S/2C19H42N.2Cr.7O/c2*1-5-6-7-8-9-10-11-12-13-14-15-16-17-18-19-20(2,3)4;;;;;;;;;/h2*5-19H2,1-4H3;;;;;;;;;/q2*+1;;;;;;;;2*-1. The number of hydrogen-bond donors (Lipinski definition) is 0. The molecule has 0 radical (unpaired) electrons. The van der Waals surface area contributed by atoms with Gasteiger partial charge in [0.05, 0.1) is 55.4 Å². The van der Waals surface area contributed by atoms with Crippen LogP contribution in [0.15, 0.2) is 0 Å². The zero-order valence-electron chi connectivity index (χ0n) is 33.8. The van der Waals surface area contributed by atoms with Crippen molar-refractivity contribution < 1.29 is 62.6 Å². The maximum absolute atomic E-state index is 9.38. The minimum absolute atomic E-state index is 1.12. The third-order valence-corrected chi connectivity index (χ3v) is 11.2. The molecule has 0 aliphatic rings. The van der Waals surface area contributed by atoms with E-state index in [9.17, 15) is 23.5 Å². The molecular formula is C38H84Cr2N2O7. The van der Waals surface area contributed by atoms with Crippen LogP contribution in [0.5, 0.6) is 0 Å². The first-order valence-corrected chi connectivity index (χ1v) is 24.2. The number of unbranched alkanes of at least 4 members (excludes halogenated alkanes) is 26. The third-order valence-electron chi connectivity index (χ3n) is 8.53. The molecule has 0 aliphatic heterocycles. The second-order valence-electron chi connectivity index (χ2n) is 16.1. The van der Waals surface area contributed by atoms with E-state index < -0.39 is 27.2 Å². The van der Waals surface area contributed by atoms with Crippen LogP contribution in [-0.2, 0) is 45.3 Å². The molecule has 0 aromatic rings. The number of quaternary nitrogens is 2. The first kappa shape index (κ1) is 53.4. The maximum atomic E-state index is 9.38. The summed E-state index contributed by atoms with van der Waals surface area (Å²) in [6, 6.07) is 0.